The Balaban J connectivity index is 1.03. The van der Waals surface area contributed by atoms with Crippen LogP contribution in [-0.2, 0) is 17.9 Å². The van der Waals surface area contributed by atoms with E-state index in [9.17, 15) is 0 Å². The van der Waals surface area contributed by atoms with Gasteiger partial charge in [0.25, 0.3) is 0 Å². The lowest BCUT2D eigenvalue weighted by Gasteiger charge is -2.33. The number of anilines is 6. The number of fused-ring (bicyclic) bond motifs is 16. The van der Waals surface area contributed by atoms with Gasteiger partial charge in [-0.15, -0.1) is 0 Å². The lowest BCUT2D eigenvalue weighted by molar-refractivity contribution is 0.660. The van der Waals surface area contributed by atoms with E-state index < -0.39 is 5.41 Å². The van der Waals surface area contributed by atoms with Crippen LogP contribution in [0.25, 0.3) is 55.2 Å². The Morgan fingerprint density at radius 2 is 0.676 bits per heavy atom. The molecule has 1 atom stereocenters. The van der Waals surface area contributed by atoms with Gasteiger partial charge in [0.05, 0.1) is 5.41 Å². The molecule has 11 aromatic rings. The van der Waals surface area contributed by atoms with Crippen LogP contribution >= 0.6 is 0 Å². The van der Waals surface area contributed by atoms with Crippen molar-refractivity contribution in [3.63, 3.8) is 0 Å². The Morgan fingerprint density at radius 1 is 0.294 bits per heavy atom. The second-order valence-corrected chi connectivity index (χ2v) is 19.3. The zero-order valence-corrected chi connectivity index (χ0v) is 38.3. The predicted molar refractivity (Wildman–Crippen MR) is 284 cm³/mol. The Morgan fingerprint density at radius 3 is 1.25 bits per heavy atom. The van der Waals surface area contributed by atoms with Gasteiger partial charge in [0, 0.05) is 68.4 Å². The van der Waals surface area contributed by atoms with Gasteiger partial charge in [-0.3, -0.25) is 0 Å². The van der Waals surface area contributed by atoms with Crippen molar-refractivity contribution in [2.45, 2.75) is 24.7 Å². The zero-order chi connectivity index (χ0) is 45.3. The van der Waals surface area contributed by atoms with E-state index in [4.69, 9.17) is 0 Å². The maximum absolute atomic E-state index is 2.53. The number of aryl methyl sites for hydroxylation is 1. The van der Waals surface area contributed by atoms with Crippen LogP contribution in [0, 0.1) is 0 Å². The molecule has 1 spiro atoms. The largest absolute Gasteiger partial charge is 0.344 e. The molecular weight excluding hydrogens is 823 g/mol. The van der Waals surface area contributed by atoms with Crippen molar-refractivity contribution >= 4 is 55.9 Å². The second kappa shape index (κ2) is 14.3. The first kappa shape index (κ1) is 38.8. The molecule has 3 heteroatoms. The van der Waals surface area contributed by atoms with Crippen molar-refractivity contribution in [3.8, 4) is 33.4 Å². The Bertz CT molecular complexity index is 3810. The fourth-order valence-electron chi connectivity index (χ4n) is 12.6. The molecule has 10 aromatic carbocycles. The number of rotatable bonds is 6. The van der Waals surface area contributed by atoms with E-state index in [1.807, 2.05) is 0 Å². The van der Waals surface area contributed by atoms with Gasteiger partial charge in [-0.2, -0.15) is 0 Å². The Kier molecular flexibility index (Phi) is 8.17. The van der Waals surface area contributed by atoms with E-state index in [0.29, 0.717) is 0 Å². The molecule has 322 valence electrons. The third-order valence-corrected chi connectivity index (χ3v) is 15.6. The molecule has 3 aliphatic rings. The Labute approximate surface area is 397 Å². The van der Waals surface area contributed by atoms with Crippen molar-refractivity contribution in [3.05, 3.63) is 264 Å². The minimum Gasteiger partial charge on any atom is -0.344 e. The lowest BCUT2D eigenvalue weighted by Crippen LogP contribution is -2.26. The van der Waals surface area contributed by atoms with Gasteiger partial charge >= 0.3 is 0 Å². The molecule has 1 heterocycles. The highest BCUT2D eigenvalue weighted by Gasteiger charge is 2.52. The van der Waals surface area contributed by atoms with Gasteiger partial charge in [-0.05, 0) is 152 Å². The predicted octanol–water partition coefficient (Wildman–Crippen LogP) is 16.9. The molecule has 0 fully saturated rings. The van der Waals surface area contributed by atoms with E-state index >= 15 is 0 Å². The van der Waals surface area contributed by atoms with Crippen molar-refractivity contribution < 1.29 is 0 Å². The fraction of sp³-hybridized carbons (Fsp3) is 0.0769. The average Bonchev–Trinajstić information content (AvgIpc) is 4.04. The summed E-state index contributed by atoms with van der Waals surface area (Å²) in [4.78, 5) is 4.91. The molecule has 0 radical (unpaired) electrons. The maximum atomic E-state index is 2.53. The first-order valence-corrected chi connectivity index (χ1v) is 23.8. The molecule has 14 rings (SSSR count). The normalized spacial score (nSPS) is 15.5. The third kappa shape index (κ3) is 5.24. The molecule has 3 nitrogen and oxygen atoms in total. The highest BCUT2D eigenvalue weighted by atomic mass is 15.1. The van der Waals surface area contributed by atoms with Gasteiger partial charge in [0.15, 0.2) is 0 Å². The average molecular weight is 870 g/mol. The van der Waals surface area contributed by atoms with Gasteiger partial charge in [-0.1, -0.05) is 159 Å². The number of para-hydroxylation sites is 3. The molecule has 0 bridgehead atoms. The summed E-state index contributed by atoms with van der Waals surface area (Å²) in [6.07, 6.45) is 0. The number of nitrogens with zero attached hydrogens (tertiary/aromatic N) is 3. The van der Waals surface area contributed by atoms with E-state index in [1.54, 1.807) is 0 Å². The van der Waals surface area contributed by atoms with Crippen LogP contribution in [0.4, 0.5) is 34.1 Å². The van der Waals surface area contributed by atoms with E-state index in [0.717, 1.165) is 34.1 Å². The van der Waals surface area contributed by atoms with Crippen LogP contribution in [0.5, 0.6) is 0 Å². The summed E-state index contributed by atoms with van der Waals surface area (Å²) in [7, 11) is 2.18. The summed E-state index contributed by atoms with van der Waals surface area (Å²) in [5, 5.41) is 2.51. The third-order valence-electron chi connectivity index (χ3n) is 15.6. The van der Waals surface area contributed by atoms with E-state index in [1.165, 1.54) is 88.6 Å². The first-order valence-electron chi connectivity index (χ1n) is 23.8. The molecule has 0 N–H and O–H groups in total. The number of hydrogen-bond acceptors (Lipinski definition) is 2. The number of benzene rings is 10. The SMILES string of the molecule is Cn1c2ccccc2c2cc(N(c3ccc4c(c3)C(C)(C)c3ccccc3-4)c3ccc4c(c3)C3(c5ccccc5-c5ccc(N(c6ccccc6)c6ccccc6)cc53)c3ccccc3-4)ccc21. The summed E-state index contributed by atoms with van der Waals surface area (Å²) in [6.45, 7) is 4.76. The molecule has 3 aliphatic carbocycles. The summed E-state index contributed by atoms with van der Waals surface area (Å²) in [5.74, 6) is 0. The van der Waals surface area contributed by atoms with Crippen LogP contribution in [-0.4, -0.2) is 4.57 Å². The van der Waals surface area contributed by atoms with Gasteiger partial charge in [0.2, 0.25) is 0 Å². The van der Waals surface area contributed by atoms with Crippen LogP contribution in [0.15, 0.2) is 231 Å². The topological polar surface area (TPSA) is 11.4 Å². The quantitative estimate of drug-likeness (QED) is 0.165. The monoisotopic (exact) mass is 869 g/mol. The van der Waals surface area contributed by atoms with Gasteiger partial charge in [0.1, 0.15) is 0 Å². The smallest absolute Gasteiger partial charge is 0.0727 e. The summed E-state index contributed by atoms with van der Waals surface area (Å²) >= 11 is 0. The lowest BCUT2D eigenvalue weighted by atomic mass is 9.70. The number of hydrogen-bond donors (Lipinski definition) is 0. The minimum absolute atomic E-state index is 0.154. The van der Waals surface area contributed by atoms with Gasteiger partial charge in [-0.25, -0.2) is 0 Å². The van der Waals surface area contributed by atoms with E-state index in [-0.39, 0.29) is 5.41 Å². The highest BCUT2D eigenvalue weighted by Crippen LogP contribution is 2.64. The molecule has 0 amide bonds. The molecule has 0 saturated heterocycles. The highest BCUT2D eigenvalue weighted by molar-refractivity contribution is 6.09. The van der Waals surface area contributed by atoms with Crippen molar-refractivity contribution in [2.24, 2.45) is 7.05 Å². The molecule has 1 aromatic heterocycles. The Hall–Kier alpha value is -8.40. The fourth-order valence-corrected chi connectivity index (χ4v) is 12.6. The molecule has 0 aliphatic heterocycles. The molecule has 1 unspecified atom stereocenters. The van der Waals surface area contributed by atoms with Crippen molar-refractivity contribution in [1.29, 1.82) is 0 Å². The maximum Gasteiger partial charge on any atom is 0.0727 e. The van der Waals surface area contributed by atoms with Crippen molar-refractivity contribution in [2.75, 3.05) is 9.80 Å². The number of aromatic nitrogens is 1. The van der Waals surface area contributed by atoms with Crippen LogP contribution < -0.4 is 9.80 Å². The molecular formula is C65H47N3. The molecule has 0 saturated carbocycles. The standard InChI is InChI=1S/C65H47N3/c1-64(2)56-26-14-10-22-48(56)51-34-30-45(39-59(51)64)68(44-33-37-63-55(38-44)54-25-13-17-29-62(54)66(63)3)47-32-36-53-50-24-12-16-28-58(50)65(61(53)41-47)57-27-15-11-23-49(57)52-35-31-46(40-60(52)65)67(42-18-6-4-7-19-42)43-20-8-5-9-21-43/h4-41H,1-3H3. The van der Waals surface area contributed by atoms with Crippen LogP contribution in [0.2, 0.25) is 0 Å². The second-order valence-electron chi connectivity index (χ2n) is 19.3. The summed E-state index contributed by atoms with van der Waals surface area (Å²) in [5.41, 5.74) is 24.2. The summed E-state index contributed by atoms with van der Waals surface area (Å²) < 4.78 is 2.32. The first-order chi connectivity index (χ1) is 33.4. The van der Waals surface area contributed by atoms with Gasteiger partial charge < -0.3 is 14.4 Å². The van der Waals surface area contributed by atoms with E-state index in [2.05, 4.69) is 266 Å². The minimum atomic E-state index is -0.574. The molecule has 68 heavy (non-hydrogen) atoms. The van der Waals surface area contributed by atoms with Crippen molar-refractivity contribution in [1.82, 2.24) is 4.57 Å². The van der Waals surface area contributed by atoms with Crippen LogP contribution in [0.1, 0.15) is 47.2 Å². The van der Waals surface area contributed by atoms with Crippen LogP contribution in [0.3, 0.4) is 0 Å². The summed E-state index contributed by atoms with van der Waals surface area (Å²) in [6, 6.07) is 86.2. The zero-order valence-electron chi connectivity index (χ0n) is 38.3.